The number of rotatable bonds is 5. The number of nitrogens with one attached hydrogen (secondary N) is 1. The van der Waals surface area contributed by atoms with Crippen LogP contribution in [0.1, 0.15) is 44.7 Å². The van der Waals surface area contributed by atoms with Crippen molar-refractivity contribution in [2.24, 2.45) is 0 Å². The summed E-state index contributed by atoms with van der Waals surface area (Å²) in [7, 11) is 0. The lowest BCUT2D eigenvalue weighted by Gasteiger charge is -2.25. The highest BCUT2D eigenvalue weighted by Gasteiger charge is 2.24. The summed E-state index contributed by atoms with van der Waals surface area (Å²) in [6, 6.07) is 7.90. The third-order valence-electron chi connectivity index (χ3n) is 4.08. The van der Waals surface area contributed by atoms with Gasteiger partial charge in [0.05, 0.1) is 5.69 Å². The molecule has 18 heavy (non-hydrogen) atoms. The fourth-order valence-corrected chi connectivity index (χ4v) is 2.82. The Bertz CT molecular complexity index is 400. The Morgan fingerprint density at radius 1 is 1.33 bits per heavy atom. The van der Waals surface area contributed by atoms with Gasteiger partial charge in [0.1, 0.15) is 5.82 Å². The van der Waals surface area contributed by atoms with Gasteiger partial charge in [0.2, 0.25) is 0 Å². The van der Waals surface area contributed by atoms with Crippen LogP contribution >= 0.6 is 0 Å². The van der Waals surface area contributed by atoms with Crippen LogP contribution in [0.25, 0.3) is 0 Å². The molecule has 1 saturated heterocycles. The summed E-state index contributed by atoms with van der Waals surface area (Å²) in [5.74, 6) is 1.18. The van der Waals surface area contributed by atoms with Crippen LogP contribution in [0.15, 0.2) is 18.2 Å². The average molecular weight is 245 g/mol. The maximum absolute atomic E-state index is 4.82. The smallest absolute Gasteiger partial charge is 0.129 e. The maximum Gasteiger partial charge on any atom is 0.129 e. The first-order valence-corrected chi connectivity index (χ1v) is 7.33. The van der Waals surface area contributed by atoms with E-state index in [1.54, 1.807) is 0 Å². The Morgan fingerprint density at radius 2 is 2.22 bits per heavy atom. The van der Waals surface area contributed by atoms with E-state index in [1.807, 2.05) is 0 Å². The molecule has 3 heteroatoms. The highest BCUT2D eigenvalue weighted by atomic mass is 15.2. The van der Waals surface area contributed by atoms with Gasteiger partial charge in [-0.15, -0.1) is 0 Å². The summed E-state index contributed by atoms with van der Waals surface area (Å²) in [6.45, 7) is 4.37. The van der Waals surface area contributed by atoms with E-state index in [0.29, 0.717) is 6.04 Å². The molecule has 0 aromatic carbocycles. The second-order valence-corrected chi connectivity index (χ2v) is 5.54. The number of hydrogen-bond acceptors (Lipinski definition) is 3. The third-order valence-corrected chi connectivity index (χ3v) is 4.08. The number of hydrogen-bond donors (Lipinski definition) is 1. The van der Waals surface area contributed by atoms with Gasteiger partial charge in [-0.2, -0.15) is 0 Å². The van der Waals surface area contributed by atoms with Crippen molar-refractivity contribution in [2.75, 3.05) is 11.4 Å². The van der Waals surface area contributed by atoms with Crippen molar-refractivity contribution in [1.82, 2.24) is 10.3 Å². The minimum Gasteiger partial charge on any atom is -0.354 e. The highest BCUT2D eigenvalue weighted by molar-refractivity contribution is 5.41. The first-order chi connectivity index (χ1) is 8.86. The predicted molar refractivity (Wildman–Crippen MR) is 74.8 cm³/mol. The van der Waals surface area contributed by atoms with Crippen LogP contribution in [-0.2, 0) is 6.54 Å². The normalized spacial score (nSPS) is 23.6. The molecule has 2 fully saturated rings. The molecule has 0 bridgehead atoms. The molecule has 0 radical (unpaired) electrons. The second-order valence-electron chi connectivity index (χ2n) is 5.54. The van der Waals surface area contributed by atoms with Gasteiger partial charge in [-0.3, -0.25) is 0 Å². The van der Waals surface area contributed by atoms with Gasteiger partial charge >= 0.3 is 0 Å². The van der Waals surface area contributed by atoms with Crippen molar-refractivity contribution in [3.63, 3.8) is 0 Å². The minimum atomic E-state index is 0.698. The molecule has 1 atom stereocenters. The van der Waals surface area contributed by atoms with Gasteiger partial charge in [0, 0.05) is 25.2 Å². The van der Waals surface area contributed by atoms with Crippen LogP contribution in [0.3, 0.4) is 0 Å². The Kier molecular flexibility index (Phi) is 3.50. The molecule has 0 amide bonds. The highest BCUT2D eigenvalue weighted by Crippen LogP contribution is 2.26. The van der Waals surface area contributed by atoms with Gasteiger partial charge in [0.15, 0.2) is 0 Å². The summed E-state index contributed by atoms with van der Waals surface area (Å²) in [5.41, 5.74) is 1.18. The van der Waals surface area contributed by atoms with Crippen molar-refractivity contribution in [3.8, 4) is 0 Å². The van der Waals surface area contributed by atoms with E-state index in [-0.39, 0.29) is 0 Å². The monoisotopic (exact) mass is 245 g/mol. The van der Waals surface area contributed by atoms with Gasteiger partial charge in [-0.25, -0.2) is 4.98 Å². The predicted octanol–water partition coefficient (Wildman–Crippen LogP) is 2.71. The van der Waals surface area contributed by atoms with E-state index in [2.05, 4.69) is 35.3 Å². The molecule has 1 aliphatic carbocycles. The van der Waals surface area contributed by atoms with Crippen LogP contribution < -0.4 is 10.2 Å². The molecule has 0 spiro atoms. The topological polar surface area (TPSA) is 28.2 Å². The molecule has 1 unspecified atom stereocenters. The Labute approximate surface area is 110 Å². The number of pyridine rings is 1. The summed E-state index contributed by atoms with van der Waals surface area (Å²) in [6.07, 6.45) is 6.53. The van der Waals surface area contributed by atoms with E-state index in [9.17, 15) is 0 Å². The van der Waals surface area contributed by atoms with Crippen LogP contribution in [-0.4, -0.2) is 23.6 Å². The summed E-state index contributed by atoms with van der Waals surface area (Å²) >= 11 is 0. The summed E-state index contributed by atoms with van der Waals surface area (Å²) in [5, 5.41) is 3.53. The molecule has 98 valence electrons. The van der Waals surface area contributed by atoms with E-state index in [4.69, 9.17) is 4.98 Å². The van der Waals surface area contributed by atoms with Crippen molar-refractivity contribution in [1.29, 1.82) is 0 Å². The summed E-state index contributed by atoms with van der Waals surface area (Å²) in [4.78, 5) is 7.30. The molecule has 2 aliphatic rings. The van der Waals surface area contributed by atoms with Crippen LogP contribution in [0, 0.1) is 0 Å². The first kappa shape index (κ1) is 12.0. The van der Waals surface area contributed by atoms with Crippen molar-refractivity contribution in [2.45, 2.75) is 57.7 Å². The fraction of sp³-hybridized carbons (Fsp3) is 0.667. The molecule has 1 aliphatic heterocycles. The summed E-state index contributed by atoms with van der Waals surface area (Å²) < 4.78 is 0. The lowest BCUT2D eigenvalue weighted by molar-refractivity contribution is 0.635. The molecule has 2 heterocycles. The van der Waals surface area contributed by atoms with E-state index in [1.165, 1.54) is 50.2 Å². The SMILES string of the molecule is CCC1CCCN1c1cccc(CNC2CC2)n1. The number of anilines is 1. The quantitative estimate of drug-likeness (QED) is 0.864. The minimum absolute atomic E-state index is 0.698. The molecule has 3 rings (SSSR count). The zero-order chi connectivity index (χ0) is 12.4. The zero-order valence-corrected chi connectivity index (χ0v) is 11.2. The molecule has 3 nitrogen and oxygen atoms in total. The Morgan fingerprint density at radius 3 is 3.00 bits per heavy atom. The van der Waals surface area contributed by atoms with Crippen molar-refractivity contribution >= 4 is 5.82 Å². The standard InChI is InChI=1S/C15H23N3/c1-2-14-6-4-10-18(14)15-7-3-5-13(17-15)11-16-12-8-9-12/h3,5,7,12,14,16H,2,4,6,8-11H2,1H3. The Balaban J connectivity index is 1.68. The molecule has 1 N–H and O–H groups in total. The molecular weight excluding hydrogens is 222 g/mol. The first-order valence-electron chi connectivity index (χ1n) is 7.33. The average Bonchev–Trinajstić information content (AvgIpc) is 3.12. The number of aromatic nitrogens is 1. The van der Waals surface area contributed by atoms with Gasteiger partial charge < -0.3 is 10.2 Å². The largest absolute Gasteiger partial charge is 0.354 e. The fourth-order valence-electron chi connectivity index (χ4n) is 2.82. The van der Waals surface area contributed by atoms with Gasteiger partial charge in [-0.1, -0.05) is 13.0 Å². The van der Waals surface area contributed by atoms with Gasteiger partial charge in [-0.05, 0) is 44.2 Å². The molecule has 1 saturated carbocycles. The lowest BCUT2D eigenvalue weighted by Crippen LogP contribution is -2.29. The van der Waals surface area contributed by atoms with Gasteiger partial charge in [0.25, 0.3) is 0 Å². The van der Waals surface area contributed by atoms with E-state index < -0.39 is 0 Å². The lowest BCUT2D eigenvalue weighted by atomic mass is 10.2. The van der Waals surface area contributed by atoms with Crippen LogP contribution in [0.2, 0.25) is 0 Å². The molecule has 1 aromatic heterocycles. The maximum atomic E-state index is 4.82. The molecule has 1 aromatic rings. The molecular formula is C15H23N3. The zero-order valence-electron chi connectivity index (χ0n) is 11.2. The van der Waals surface area contributed by atoms with Crippen molar-refractivity contribution < 1.29 is 0 Å². The van der Waals surface area contributed by atoms with E-state index in [0.717, 1.165) is 12.6 Å². The van der Waals surface area contributed by atoms with Crippen LogP contribution in [0.5, 0.6) is 0 Å². The third kappa shape index (κ3) is 2.66. The van der Waals surface area contributed by atoms with Crippen molar-refractivity contribution in [3.05, 3.63) is 23.9 Å². The van der Waals surface area contributed by atoms with E-state index >= 15 is 0 Å². The second kappa shape index (κ2) is 5.27. The van der Waals surface area contributed by atoms with Crippen LogP contribution in [0.4, 0.5) is 5.82 Å². The Hall–Kier alpha value is -1.09. The number of nitrogens with zero attached hydrogens (tertiary/aromatic N) is 2.